The third kappa shape index (κ3) is 3.73. The largest absolute Gasteiger partial charge is 0.573 e. The lowest BCUT2D eigenvalue weighted by Gasteiger charge is -2.14. The Bertz CT molecular complexity index is 614. The van der Waals surface area contributed by atoms with Crippen LogP contribution >= 0.6 is 15.9 Å². The summed E-state index contributed by atoms with van der Waals surface area (Å²) in [5.41, 5.74) is -0.107. The van der Waals surface area contributed by atoms with Crippen molar-refractivity contribution < 1.29 is 22.7 Å². The van der Waals surface area contributed by atoms with Crippen LogP contribution in [0.25, 0.3) is 0 Å². The van der Waals surface area contributed by atoms with Crippen LogP contribution in [0.5, 0.6) is 5.75 Å². The summed E-state index contributed by atoms with van der Waals surface area (Å²) in [7, 11) is 0. The van der Waals surface area contributed by atoms with E-state index in [-0.39, 0.29) is 5.69 Å². The number of carbonyl (C=O) groups is 1. The molecule has 1 heterocycles. The van der Waals surface area contributed by atoms with Crippen LogP contribution in [0.1, 0.15) is 0 Å². The average molecular weight is 350 g/mol. The number of amides is 1. The fourth-order valence-electron chi connectivity index (χ4n) is 1.37. The summed E-state index contributed by atoms with van der Waals surface area (Å²) < 4.78 is 42.2. The van der Waals surface area contributed by atoms with E-state index in [0.717, 1.165) is 10.6 Å². The smallest absolute Gasteiger partial charge is 0.404 e. The molecule has 2 aromatic rings. The maximum Gasteiger partial charge on any atom is 0.573 e. The van der Waals surface area contributed by atoms with E-state index >= 15 is 0 Å². The molecule has 106 valence electrons. The fourth-order valence-corrected chi connectivity index (χ4v) is 1.71. The number of hydrogen-bond donors (Lipinski definition) is 1. The normalized spacial score (nSPS) is 11.2. The van der Waals surface area contributed by atoms with Crippen LogP contribution in [0.4, 0.5) is 23.7 Å². The molecule has 0 atom stereocenters. The zero-order valence-corrected chi connectivity index (χ0v) is 11.3. The molecule has 0 spiro atoms. The predicted molar refractivity (Wildman–Crippen MR) is 67.5 cm³/mol. The molecule has 0 unspecified atom stereocenters. The molecule has 20 heavy (non-hydrogen) atoms. The molecular formula is C11H7BrF3N3O2. The highest BCUT2D eigenvalue weighted by molar-refractivity contribution is 9.10. The molecule has 0 aliphatic carbocycles. The molecule has 2 rings (SSSR count). The number of halogens is 4. The van der Waals surface area contributed by atoms with Crippen LogP contribution in [-0.2, 0) is 0 Å². The Balaban J connectivity index is 2.25. The van der Waals surface area contributed by atoms with Crippen molar-refractivity contribution in [3.63, 3.8) is 0 Å². The molecule has 5 nitrogen and oxygen atoms in total. The summed E-state index contributed by atoms with van der Waals surface area (Å²) >= 11 is 3.03. The Morgan fingerprint density at radius 1 is 1.40 bits per heavy atom. The second-order valence-electron chi connectivity index (χ2n) is 3.59. The molecule has 0 radical (unpaired) electrons. The van der Waals surface area contributed by atoms with Gasteiger partial charge in [-0.25, -0.2) is 9.78 Å². The lowest BCUT2D eigenvalue weighted by Crippen LogP contribution is -2.21. The van der Waals surface area contributed by atoms with E-state index in [0.29, 0.717) is 4.47 Å². The van der Waals surface area contributed by atoms with Crippen LogP contribution in [0.3, 0.4) is 0 Å². The van der Waals surface area contributed by atoms with Gasteiger partial charge in [0.25, 0.3) is 0 Å². The highest BCUT2D eigenvalue weighted by Crippen LogP contribution is 2.33. The number of anilines is 1. The lowest BCUT2D eigenvalue weighted by molar-refractivity contribution is -0.274. The molecule has 1 aromatic heterocycles. The molecule has 9 heteroatoms. The van der Waals surface area contributed by atoms with Crippen molar-refractivity contribution in [3.8, 4) is 5.75 Å². The Kier molecular flexibility index (Phi) is 3.98. The first-order chi connectivity index (χ1) is 9.35. The predicted octanol–water partition coefficient (Wildman–Crippen LogP) is 3.62. The number of hydrogen-bond acceptors (Lipinski definition) is 3. The first-order valence-corrected chi connectivity index (χ1v) is 5.99. The van der Waals surface area contributed by atoms with E-state index < -0.39 is 18.1 Å². The standard InChI is InChI=1S/C11H7BrF3N3O2/c12-7-1-2-8(9(5-7)20-11(13,14)15)17-10(19)18-4-3-16-6-18/h1-6H,(H,17,19). The van der Waals surface area contributed by atoms with E-state index in [1.54, 1.807) is 0 Å². The van der Waals surface area contributed by atoms with Gasteiger partial charge in [-0.3, -0.25) is 4.57 Å². The molecule has 1 N–H and O–H groups in total. The summed E-state index contributed by atoms with van der Waals surface area (Å²) in [5.74, 6) is -0.514. The van der Waals surface area contributed by atoms with E-state index in [1.807, 2.05) is 0 Å². The molecule has 0 fully saturated rings. The highest BCUT2D eigenvalue weighted by Gasteiger charge is 2.32. The van der Waals surface area contributed by atoms with Crippen molar-refractivity contribution in [2.75, 3.05) is 5.32 Å². The summed E-state index contributed by atoms with van der Waals surface area (Å²) in [5, 5.41) is 2.30. The van der Waals surface area contributed by atoms with Gasteiger partial charge in [0.2, 0.25) is 0 Å². The van der Waals surface area contributed by atoms with Gasteiger partial charge in [-0.2, -0.15) is 0 Å². The fraction of sp³-hybridized carbons (Fsp3) is 0.0909. The SMILES string of the molecule is O=C(Nc1ccc(Br)cc1OC(F)(F)F)n1ccnc1. The van der Waals surface area contributed by atoms with Crippen molar-refractivity contribution in [1.29, 1.82) is 0 Å². The average Bonchev–Trinajstić information content (AvgIpc) is 2.84. The Labute approximate surface area is 119 Å². The second kappa shape index (κ2) is 5.53. The van der Waals surface area contributed by atoms with Crippen molar-refractivity contribution in [3.05, 3.63) is 41.4 Å². The van der Waals surface area contributed by atoms with Gasteiger partial charge in [-0.15, -0.1) is 13.2 Å². The van der Waals surface area contributed by atoms with Gasteiger partial charge in [0.15, 0.2) is 5.75 Å². The van der Waals surface area contributed by atoms with E-state index in [4.69, 9.17) is 0 Å². The van der Waals surface area contributed by atoms with Crippen LogP contribution in [0.2, 0.25) is 0 Å². The Hall–Kier alpha value is -2.03. The lowest BCUT2D eigenvalue weighted by atomic mass is 10.3. The van der Waals surface area contributed by atoms with Gasteiger partial charge in [-0.1, -0.05) is 15.9 Å². The molecular weight excluding hydrogens is 343 g/mol. The van der Waals surface area contributed by atoms with Gasteiger partial charge in [0.05, 0.1) is 5.69 Å². The first-order valence-electron chi connectivity index (χ1n) is 5.20. The number of nitrogens with zero attached hydrogens (tertiary/aromatic N) is 2. The Morgan fingerprint density at radius 3 is 2.75 bits per heavy atom. The van der Waals surface area contributed by atoms with Crippen molar-refractivity contribution >= 4 is 27.6 Å². The van der Waals surface area contributed by atoms with Crippen molar-refractivity contribution in [2.24, 2.45) is 0 Å². The quantitative estimate of drug-likeness (QED) is 0.900. The van der Waals surface area contributed by atoms with E-state index in [2.05, 4.69) is 31.0 Å². The van der Waals surface area contributed by atoms with Crippen LogP contribution in [-0.4, -0.2) is 21.9 Å². The minimum absolute atomic E-state index is 0.107. The summed E-state index contributed by atoms with van der Waals surface area (Å²) in [6.07, 6.45) is -0.902. The number of carbonyl (C=O) groups excluding carboxylic acids is 1. The Morgan fingerprint density at radius 2 is 2.15 bits per heavy atom. The number of rotatable bonds is 2. The second-order valence-corrected chi connectivity index (χ2v) is 4.50. The molecule has 1 amide bonds. The number of alkyl halides is 3. The van der Waals surface area contributed by atoms with Gasteiger partial charge in [-0.05, 0) is 18.2 Å². The zero-order chi connectivity index (χ0) is 14.8. The number of ether oxygens (including phenoxy) is 1. The van der Waals surface area contributed by atoms with Gasteiger partial charge >= 0.3 is 12.4 Å². The number of aromatic nitrogens is 2. The molecule has 0 aliphatic heterocycles. The minimum Gasteiger partial charge on any atom is -0.404 e. The van der Waals surface area contributed by atoms with Crippen LogP contribution in [0, 0.1) is 0 Å². The van der Waals surface area contributed by atoms with Gasteiger partial charge in [0.1, 0.15) is 6.33 Å². The zero-order valence-electron chi connectivity index (χ0n) is 9.69. The summed E-state index contributed by atoms with van der Waals surface area (Å²) in [6.45, 7) is 0. The molecule has 0 aliphatic rings. The maximum absolute atomic E-state index is 12.3. The maximum atomic E-state index is 12.3. The molecule has 0 saturated carbocycles. The topological polar surface area (TPSA) is 56.1 Å². The van der Waals surface area contributed by atoms with E-state index in [1.165, 1.54) is 30.9 Å². The van der Waals surface area contributed by atoms with Crippen LogP contribution in [0.15, 0.2) is 41.4 Å². The number of benzene rings is 1. The third-order valence-corrected chi connectivity index (χ3v) is 2.64. The highest BCUT2D eigenvalue weighted by atomic mass is 79.9. The van der Waals surface area contributed by atoms with Gasteiger partial charge in [0, 0.05) is 16.9 Å². The van der Waals surface area contributed by atoms with Crippen molar-refractivity contribution in [2.45, 2.75) is 6.36 Å². The molecule has 0 saturated heterocycles. The monoisotopic (exact) mass is 349 g/mol. The van der Waals surface area contributed by atoms with E-state index in [9.17, 15) is 18.0 Å². The van der Waals surface area contributed by atoms with Crippen LogP contribution < -0.4 is 10.1 Å². The third-order valence-electron chi connectivity index (χ3n) is 2.15. The summed E-state index contributed by atoms with van der Waals surface area (Å²) in [6, 6.07) is 3.22. The molecule has 1 aromatic carbocycles. The van der Waals surface area contributed by atoms with Crippen molar-refractivity contribution in [1.82, 2.24) is 9.55 Å². The number of imidazole rings is 1. The molecule has 0 bridgehead atoms. The summed E-state index contributed by atoms with van der Waals surface area (Å²) in [4.78, 5) is 15.4. The van der Waals surface area contributed by atoms with Gasteiger partial charge < -0.3 is 10.1 Å². The number of nitrogens with one attached hydrogen (secondary N) is 1. The minimum atomic E-state index is -4.85. The first kappa shape index (κ1) is 14.4.